The summed E-state index contributed by atoms with van der Waals surface area (Å²) in [7, 11) is 0. The number of carboxylic acids is 1. The topological polar surface area (TPSA) is 105 Å². The Morgan fingerprint density at radius 3 is 2.90 bits per heavy atom. The van der Waals surface area contributed by atoms with Gasteiger partial charge >= 0.3 is 5.97 Å². The maximum absolute atomic E-state index is 11.8. The molecule has 6 nitrogen and oxygen atoms in total. The van der Waals surface area contributed by atoms with E-state index in [0.29, 0.717) is 31.6 Å². The number of aromatic nitrogens is 1. The quantitative estimate of drug-likeness (QED) is 0.636. The Morgan fingerprint density at radius 2 is 2.25 bits per heavy atom. The van der Waals surface area contributed by atoms with Gasteiger partial charge in [-0.15, -0.1) is 11.3 Å². The third-order valence-electron chi connectivity index (χ3n) is 2.92. The summed E-state index contributed by atoms with van der Waals surface area (Å²) in [4.78, 5) is 26.5. The van der Waals surface area contributed by atoms with Crippen LogP contribution < -0.4 is 11.1 Å². The Balaban J connectivity index is 2.26. The van der Waals surface area contributed by atoms with Crippen molar-refractivity contribution in [1.29, 1.82) is 0 Å². The Bertz CT molecular complexity index is 448. The summed E-state index contributed by atoms with van der Waals surface area (Å²) >= 11 is 1.44. The number of hydrogen-bond donors (Lipinski definition) is 3. The first-order valence-corrected chi connectivity index (χ1v) is 7.55. The Labute approximate surface area is 122 Å². The molecule has 0 aliphatic heterocycles. The van der Waals surface area contributed by atoms with Gasteiger partial charge in [0, 0.05) is 24.8 Å². The second-order valence-corrected chi connectivity index (χ2v) is 5.69. The lowest BCUT2D eigenvalue weighted by Gasteiger charge is -2.10. The minimum atomic E-state index is -0.782. The highest BCUT2D eigenvalue weighted by molar-refractivity contribution is 7.09. The number of nitrogens with two attached hydrogens (primary N) is 1. The Kier molecular flexibility index (Phi) is 7.17. The first kappa shape index (κ1) is 16.6. The second-order valence-electron chi connectivity index (χ2n) is 4.75. The molecule has 7 heteroatoms. The number of rotatable bonds is 9. The van der Waals surface area contributed by atoms with E-state index in [9.17, 15) is 9.59 Å². The molecule has 112 valence electrons. The van der Waals surface area contributed by atoms with Crippen molar-refractivity contribution < 1.29 is 14.7 Å². The van der Waals surface area contributed by atoms with E-state index in [-0.39, 0.29) is 18.2 Å². The van der Waals surface area contributed by atoms with Gasteiger partial charge in [-0.25, -0.2) is 4.98 Å². The molecular weight excluding hydrogens is 278 g/mol. The van der Waals surface area contributed by atoms with Gasteiger partial charge in [0.2, 0.25) is 0 Å². The van der Waals surface area contributed by atoms with E-state index < -0.39 is 5.97 Å². The van der Waals surface area contributed by atoms with Crippen LogP contribution in [-0.4, -0.2) is 35.1 Å². The van der Waals surface area contributed by atoms with E-state index in [1.54, 1.807) is 5.38 Å². The molecule has 1 aromatic heterocycles. The number of amides is 1. The van der Waals surface area contributed by atoms with Crippen molar-refractivity contribution in [3.63, 3.8) is 0 Å². The lowest BCUT2D eigenvalue weighted by Crippen LogP contribution is -2.26. The molecule has 1 aromatic rings. The third kappa shape index (κ3) is 6.12. The van der Waals surface area contributed by atoms with E-state index in [1.165, 1.54) is 11.3 Å². The van der Waals surface area contributed by atoms with Crippen LogP contribution in [0.4, 0.5) is 0 Å². The van der Waals surface area contributed by atoms with E-state index in [2.05, 4.69) is 10.3 Å². The number of carbonyl (C=O) groups is 2. The molecule has 0 saturated carbocycles. The SMILES string of the molecule is CC(CCNC(=O)c1csc(CCN)n1)CCC(=O)O. The van der Waals surface area contributed by atoms with E-state index in [1.807, 2.05) is 6.92 Å². The zero-order valence-electron chi connectivity index (χ0n) is 11.6. The van der Waals surface area contributed by atoms with Crippen LogP contribution in [-0.2, 0) is 11.2 Å². The number of nitrogens with one attached hydrogen (secondary N) is 1. The predicted octanol–water partition coefficient (Wildman–Crippen LogP) is 1.27. The first-order valence-electron chi connectivity index (χ1n) is 6.67. The molecule has 0 aliphatic carbocycles. The van der Waals surface area contributed by atoms with Crippen molar-refractivity contribution in [2.45, 2.75) is 32.6 Å². The number of aliphatic carboxylic acids is 1. The third-order valence-corrected chi connectivity index (χ3v) is 3.82. The van der Waals surface area contributed by atoms with Crippen molar-refractivity contribution in [3.05, 3.63) is 16.1 Å². The van der Waals surface area contributed by atoms with Crippen LogP contribution in [0.3, 0.4) is 0 Å². The molecule has 0 radical (unpaired) electrons. The standard InChI is InChI=1S/C13H21N3O3S/c1-9(2-3-12(17)18)5-7-15-13(19)10-8-20-11(16-10)4-6-14/h8-9H,2-7,14H2,1H3,(H,15,19)(H,17,18). The highest BCUT2D eigenvalue weighted by Gasteiger charge is 2.11. The highest BCUT2D eigenvalue weighted by atomic mass is 32.1. The fourth-order valence-corrected chi connectivity index (χ4v) is 2.48. The van der Waals surface area contributed by atoms with Crippen molar-refractivity contribution in [2.24, 2.45) is 11.7 Å². The first-order chi connectivity index (χ1) is 9.52. The molecule has 0 spiro atoms. The van der Waals surface area contributed by atoms with Crippen molar-refractivity contribution in [3.8, 4) is 0 Å². The van der Waals surface area contributed by atoms with Crippen LogP contribution in [0.15, 0.2) is 5.38 Å². The summed E-state index contributed by atoms with van der Waals surface area (Å²) in [6, 6.07) is 0. The fraction of sp³-hybridized carbons (Fsp3) is 0.615. The monoisotopic (exact) mass is 299 g/mol. The van der Waals surface area contributed by atoms with E-state index >= 15 is 0 Å². The molecule has 1 unspecified atom stereocenters. The molecule has 20 heavy (non-hydrogen) atoms. The van der Waals surface area contributed by atoms with Crippen LogP contribution in [0, 0.1) is 5.92 Å². The van der Waals surface area contributed by atoms with Crippen LogP contribution in [0.25, 0.3) is 0 Å². The van der Waals surface area contributed by atoms with Gasteiger partial charge < -0.3 is 16.2 Å². The van der Waals surface area contributed by atoms with Crippen LogP contribution in [0.1, 0.15) is 41.7 Å². The summed E-state index contributed by atoms with van der Waals surface area (Å²) in [5, 5.41) is 14.0. The molecule has 0 bridgehead atoms. The molecular formula is C13H21N3O3S. The highest BCUT2D eigenvalue weighted by Crippen LogP contribution is 2.11. The van der Waals surface area contributed by atoms with Crippen molar-refractivity contribution in [2.75, 3.05) is 13.1 Å². The zero-order valence-corrected chi connectivity index (χ0v) is 12.4. The number of hydrogen-bond acceptors (Lipinski definition) is 5. The molecule has 0 saturated heterocycles. The normalized spacial score (nSPS) is 12.1. The van der Waals surface area contributed by atoms with Crippen LogP contribution >= 0.6 is 11.3 Å². The Hall–Kier alpha value is -1.47. The predicted molar refractivity (Wildman–Crippen MR) is 77.9 cm³/mol. The molecule has 1 atom stereocenters. The molecule has 1 rings (SSSR count). The van der Waals surface area contributed by atoms with Gasteiger partial charge in [-0.2, -0.15) is 0 Å². The van der Waals surface area contributed by atoms with E-state index in [0.717, 1.165) is 11.4 Å². The minimum Gasteiger partial charge on any atom is -0.481 e. The summed E-state index contributed by atoms with van der Waals surface area (Å²) in [5.41, 5.74) is 5.86. The van der Waals surface area contributed by atoms with Gasteiger partial charge in [0.15, 0.2) is 0 Å². The second kappa shape index (κ2) is 8.65. The average Bonchev–Trinajstić information content (AvgIpc) is 2.85. The Morgan fingerprint density at radius 1 is 1.50 bits per heavy atom. The van der Waals surface area contributed by atoms with E-state index in [4.69, 9.17) is 10.8 Å². The lowest BCUT2D eigenvalue weighted by atomic mass is 10.0. The van der Waals surface area contributed by atoms with Crippen LogP contribution in [0.5, 0.6) is 0 Å². The summed E-state index contributed by atoms with van der Waals surface area (Å²) in [6.07, 6.45) is 2.25. The van der Waals surface area contributed by atoms with Gasteiger partial charge in [0.05, 0.1) is 5.01 Å². The van der Waals surface area contributed by atoms with Gasteiger partial charge in [0.25, 0.3) is 5.91 Å². The summed E-state index contributed by atoms with van der Waals surface area (Å²) in [6.45, 7) is 3.04. The summed E-state index contributed by atoms with van der Waals surface area (Å²) in [5.74, 6) is -0.694. The molecule has 1 amide bonds. The molecule has 0 aliphatic rings. The maximum Gasteiger partial charge on any atom is 0.303 e. The van der Waals surface area contributed by atoms with Gasteiger partial charge in [0.1, 0.15) is 5.69 Å². The van der Waals surface area contributed by atoms with Crippen molar-refractivity contribution >= 4 is 23.2 Å². The minimum absolute atomic E-state index is 0.170. The number of carboxylic acid groups (broad SMARTS) is 1. The summed E-state index contributed by atoms with van der Waals surface area (Å²) < 4.78 is 0. The van der Waals surface area contributed by atoms with Crippen LogP contribution in [0.2, 0.25) is 0 Å². The smallest absolute Gasteiger partial charge is 0.303 e. The molecule has 1 heterocycles. The lowest BCUT2D eigenvalue weighted by molar-refractivity contribution is -0.137. The number of nitrogens with zero attached hydrogens (tertiary/aromatic N) is 1. The molecule has 4 N–H and O–H groups in total. The van der Waals surface area contributed by atoms with Gasteiger partial charge in [-0.1, -0.05) is 6.92 Å². The zero-order chi connectivity index (χ0) is 15.0. The maximum atomic E-state index is 11.8. The number of carbonyl (C=O) groups excluding carboxylic acids is 1. The molecule has 0 aromatic carbocycles. The fourth-order valence-electron chi connectivity index (χ4n) is 1.69. The average molecular weight is 299 g/mol. The van der Waals surface area contributed by atoms with Gasteiger partial charge in [-0.3, -0.25) is 9.59 Å². The van der Waals surface area contributed by atoms with Crippen molar-refractivity contribution in [1.82, 2.24) is 10.3 Å². The molecule has 0 fully saturated rings. The largest absolute Gasteiger partial charge is 0.481 e. The van der Waals surface area contributed by atoms with Gasteiger partial charge in [-0.05, 0) is 25.3 Å². The number of thiazole rings is 1.